The molecule has 42 heavy (non-hydrogen) atoms. The summed E-state index contributed by atoms with van der Waals surface area (Å²) < 4.78 is 0. The molecule has 4 heteroatoms. The molecule has 0 aliphatic heterocycles. The summed E-state index contributed by atoms with van der Waals surface area (Å²) in [7, 11) is -1.02. The Kier molecular flexibility index (Phi) is 13.5. The molecule has 4 rings (SSSR count). The van der Waals surface area contributed by atoms with E-state index in [4.69, 9.17) is 0 Å². The maximum Gasteiger partial charge on any atom is 0.0123 e. The van der Waals surface area contributed by atoms with Crippen LogP contribution >= 0.6 is 45.3 Å². The highest BCUT2D eigenvalue weighted by Crippen LogP contribution is 2.56. The van der Waals surface area contributed by atoms with Gasteiger partial charge in [-0.25, -0.2) is 0 Å². The Hall–Kier alpha value is -2.24. The van der Waals surface area contributed by atoms with E-state index >= 15 is 0 Å². The molecule has 0 spiro atoms. The van der Waals surface area contributed by atoms with Gasteiger partial charge in [-0.1, -0.05) is 107 Å². The Balaban J connectivity index is 0.00000237. The Morgan fingerprint density at radius 2 is 1.02 bits per heavy atom. The van der Waals surface area contributed by atoms with E-state index in [2.05, 4.69) is 160 Å². The van der Waals surface area contributed by atoms with E-state index in [1.165, 1.54) is 40.5 Å². The van der Waals surface area contributed by atoms with Crippen molar-refractivity contribution in [1.29, 1.82) is 0 Å². The number of aryl methyl sites for hydroxylation is 1. The molecule has 0 fully saturated rings. The lowest BCUT2D eigenvalue weighted by Gasteiger charge is -2.32. The van der Waals surface area contributed by atoms with Crippen LogP contribution < -0.4 is 0 Å². The molecule has 0 aromatic heterocycles. The smallest absolute Gasteiger partial charge is 0.0123 e. The molecule has 4 aromatic rings. The van der Waals surface area contributed by atoms with Crippen LogP contribution in [-0.2, 0) is 6.42 Å². The molecule has 0 atom stereocenters. The molecule has 0 nitrogen and oxygen atoms in total. The number of benzene rings is 4. The number of allylic oxidation sites excluding steroid dienone is 1. The largest absolute Gasteiger partial charge is 0.194 e. The monoisotopic (exact) mass is 630 g/mol. The molecule has 4 aromatic carbocycles. The van der Waals surface area contributed by atoms with E-state index in [9.17, 15) is 0 Å². The van der Waals surface area contributed by atoms with Crippen molar-refractivity contribution in [2.24, 2.45) is 5.41 Å². The number of hydrogen-bond acceptors (Lipinski definition) is 3. The maximum atomic E-state index is 2.39. The highest BCUT2D eigenvalue weighted by atomic mass is 32.3. The lowest BCUT2D eigenvalue weighted by molar-refractivity contribution is 0.545. The lowest BCUT2D eigenvalue weighted by atomic mass is 9.98. The van der Waals surface area contributed by atoms with Crippen LogP contribution in [0.25, 0.3) is 6.08 Å². The van der Waals surface area contributed by atoms with Gasteiger partial charge in [0.1, 0.15) is 0 Å². The molecule has 0 saturated carbocycles. The minimum absolute atomic E-state index is 0.217. The van der Waals surface area contributed by atoms with Crippen LogP contribution in [0, 0.1) is 5.41 Å². The van der Waals surface area contributed by atoms with Crippen molar-refractivity contribution in [3.05, 3.63) is 125 Å². The SMILES string of the molecule is CC.CCc1ccc(S(C)(C)c2ccc(/C=C/Sc3ccc(Sc4ccc(S/C=C/C(C)(C)C)cc4)cc3)cc2)cc1. The van der Waals surface area contributed by atoms with Crippen molar-refractivity contribution < 1.29 is 0 Å². The van der Waals surface area contributed by atoms with Crippen LogP contribution in [0.2, 0.25) is 0 Å². The molecule has 222 valence electrons. The summed E-state index contributed by atoms with van der Waals surface area (Å²) in [5, 5.41) is 4.38. The summed E-state index contributed by atoms with van der Waals surface area (Å²) in [4.78, 5) is 7.88. The lowest BCUT2D eigenvalue weighted by Crippen LogP contribution is -1.98. The van der Waals surface area contributed by atoms with E-state index in [0.717, 1.165) is 6.42 Å². The summed E-state index contributed by atoms with van der Waals surface area (Å²) in [6.07, 6.45) is 10.3. The average Bonchev–Trinajstić information content (AvgIpc) is 3.00. The van der Waals surface area contributed by atoms with Gasteiger partial charge in [-0.15, -0.1) is 0 Å². The summed E-state index contributed by atoms with van der Waals surface area (Å²) in [6, 6.07) is 35.9. The van der Waals surface area contributed by atoms with E-state index in [1.807, 2.05) is 13.8 Å². The van der Waals surface area contributed by atoms with E-state index in [1.54, 1.807) is 35.3 Å². The zero-order chi connectivity index (χ0) is 30.6. The fourth-order valence-corrected chi connectivity index (χ4v) is 8.26. The van der Waals surface area contributed by atoms with E-state index in [0.29, 0.717) is 0 Å². The molecule has 0 radical (unpaired) electrons. The van der Waals surface area contributed by atoms with Gasteiger partial charge in [0.15, 0.2) is 0 Å². The predicted octanol–water partition coefficient (Wildman–Crippen LogP) is 13.3. The van der Waals surface area contributed by atoms with Gasteiger partial charge in [0.05, 0.1) is 0 Å². The molecule has 0 aliphatic rings. The van der Waals surface area contributed by atoms with Crippen molar-refractivity contribution >= 4 is 51.4 Å². The number of thioether (sulfide) groups is 2. The van der Waals surface area contributed by atoms with Crippen LogP contribution in [0.3, 0.4) is 0 Å². The Morgan fingerprint density at radius 3 is 1.48 bits per heavy atom. The molecular weight excluding hydrogens is 585 g/mol. The standard InChI is InChI=1S/C36H40S4.C2H6/c1-7-28-8-20-34(21-9-28)40(5,6)35-22-10-29(11-23-35)24-26-37-30-12-16-32(17-13-30)39-33-18-14-31(15-19-33)38-27-25-36(2,3)4;1-2/h8-27H,7H2,1-6H3;1-2H3/b26-24+,27-25+;. The van der Waals surface area contributed by atoms with Gasteiger partial charge in [-0.05, 0) is 135 Å². The minimum atomic E-state index is -1.02. The van der Waals surface area contributed by atoms with Crippen molar-refractivity contribution in [1.82, 2.24) is 0 Å². The zero-order valence-electron chi connectivity index (χ0n) is 26.4. The first-order valence-electron chi connectivity index (χ1n) is 14.6. The summed E-state index contributed by atoms with van der Waals surface area (Å²) >= 11 is 5.34. The molecule has 0 bridgehead atoms. The highest BCUT2D eigenvalue weighted by molar-refractivity contribution is 8.32. The quantitative estimate of drug-likeness (QED) is 0.160. The van der Waals surface area contributed by atoms with Crippen molar-refractivity contribution in [2.75, 3.05) is 12.5 Å². The van der Waals surface area contributed by atoms with Gasteiger partial charge in [-0.3, -0.25) is 0 Å². The number of hydrogen-bond donors (Lipinski definition) is 0. The van der Waals surface area contributed by atoms with Crippen molar-refractivity contribution in [3.63, 3.8) is 0 Å². The van der Waals surface area contributed by atoms with Crippen LogP contribution in [-0.4, -0.2) is 12.5 Å². The Labute approximate surface area is 270 Å². The third kappa shape index (κ3) is 10.8. The van der Waals surface area contributed by atoms with Gasteiger partial charge < -0.3 is 0 Å². The second kappa shape index (κ2) is 16.6. The summed E-state index contributed by atoms with van der Waals surface area (Å²) in [6.45, 7) is 12.9. The van der Waals surface area contributed by atoms with Crippen LogP contribution in [0.15, 0.2) is 143 Å². The Bertz CT molecular complexity index is 1410. The fraction of sp³-hybridized carbons (Fsp3) is 0.263. The average molecular weight is 631 g/mol. The fourth-order valence-electron chi connectivity index (χ4n) is 3.94. The topological polar surface area (TPSA) is 0 Å². The van der Waals surface area contributed by atoms with Crippen LogP contribution in [0.5, 0.6) is 0 Å². The summed E-state index contributed by atoms with van der Waals surface area (Å²) in [5.41, 5.74) is 2.85. The van der Waals surface area contributed by atoms with Crippen molar-refractivity contribution in [2.45, 2.75) is 77.3 Å². The van der Waals surface area contributed by atoms with E-state index < -0.39 is 10.0 Å². The predicted molar refractivity (Wildman–Crippen MR) is 196 cm³/mol. The van der Waals surface area contributed by atoms with Gasteiger partial charge in [0.2, 0.25) is 0 Å². The third-order valence-electron chi connectivity index (χ3n) is 6.51. The van der Waals surface area contributed by atoms with Crippen molar-refractivity contribution in [3.8, 4) is 0 Å². The first-order valence-corrected chi connectivity index (χ1v) is 19.6. The van der Waals surface area contributed by atoms with Gasteiger partial charge in [0.25, 0.3) is 0 Å². The van der Waals surface area contributed by atoms with Crippen LogP contribution in [0.1, 0.15) is 52.7 Å². The molecule has 0 saturated heterocycles. The molecule has 0 N–H and O–H groups in total. The molecule has 0 amide bonds. The first-order chi connectivity index (χ1) is 20.1. The minimum Gasteiger partial charge on any atom is -0.194 e. The molecule has 0 heterocycles. The summed E-state index contributed by atoms with van der Waals surface area (Å²) in [5.74, 6) is 0. The molecule has 0 aliphatic carbocycles. The van der Waals surface area contributed by atoms with Crippen LogP contribution in [0.4, 0.5) is 0 Å². The molecular formula is C38H46S4. The number of rotatable bonds is 10. The third-order valence-corrected chi connectivity index (χ3v) is 12.1. The zero-order valence-corrected chi connectivity index (χ0v) is 29.7. The van der Waals surface area contributed by atoms with Gasteiger partial charge in [-0.2, -0.15) is 10.0 Å². The molecule has 0 unspecified atom stereocenters. The first kappa shape index (κ1) is 34.3. The Morgan fingerprint density at radius 1 is 0.595 bits per heavy atom. The normalized spacial score (nSPS) is 12.4. The van der Waals surface area contributed by atoms with Gasteiger partial charge in [0, 0.05) is 19.6 Å². The maximum absolute atomic E-state index is 2.39. The van der Waals surface area contributed by atoms with Gasteiger partial charge >= 0.3 is 0 Å². The van der Waals surface area contributed by atoms with E-state index in [-0.39, 0.29) is 5.41 Å². The second-order valence-electron chi connectivity index (χ2n) is 11.1. The second-order valence-corrected chi connectivity index (χ2v) is 17.8. The highest BCUT2D eigenvalue weighted by Gasteiger charge is 2.17.